The average molecular weight is 260 g/mol. The zero-order chi connectivity index (χ0) is 12.7. The van der Waals surface area contributed by atoms with Crippen LogP contribution in [0.25, 0.3) is 0 Å². The molecule has 0 unspecified atom stereocenters. The second kappa shape index (κ2) is 7.32. The van der Waals surface area contributed by atoms with Crippen molar-refractivity contribution in [3.05, 3.63) is 17.3 Å². The van der Waals surface area contributed by atoms with E-state index < -0.39 is 0 Å². The zero-order valence-corrected chi connectivity index (χ0v) is 10.9. The first-order chi connectivity index (χ1) is 8.17. The summed E-state index contributed by atoms with van der Waals surface area (Å²) in [5.74, 6) is 0.740. The van der Waals surface area contributed by atoms with Crippen LogP contribution in [-0.2, 0) is 9.47 Å². The van der Waals surface area contributed by atoms with Crippen molar-refractivity contribution in [2.45, 2.75) is 0 Å². The molecule has 0 amide bonds. The van der Waals surface area contributed by atoms with Gasteiger partial charge in [0.15, 0.2) is 0 Å². The van der Waals surface area contributed by atoms with Crippen LogP contribution in [0.15, 0.2) is 12.1 Å². The van der Waals surface area contributed by atoms with E-state index in [1.54, 1.807) is 26.4 Å². The minimum Gasteiger partial charge on any atom is -0.399 e. The highest BCUT2D eigenvalue weighted by molar-refractivity contribution is 6.29. The highest BCUT2D eigenvalue weighted by Gasteiger charge is 2.09. The molecule has 17 heavy (non-hydrogen) atoms. The third-order valence-corrected chi connectivity index (χ3v) is 2.45. The average Bonchev–Trinajstić information content (AvgIpc) is 2.28. The molecule has 0 aliphatic carbocycles. The molecule has 0 spiro atoms. The molecule has 0 aliphatic heterocycles. The Balaban J connectivity index is 2.78. The number of aromatic nitrogens is 1. The molecular formula is C11H18ClN3O2. The number of halogens is 1. The van der Waals surface area contributed by atoms with E-state index in [-0.39, 0.29) is 0 Å². The lowest BCUT2D eigenvalue weighted by Crippen LogP contribution is -2.31. The third kappa shape index (κ3) is 4.77. The maximum absolute atomic E-state index is 5.88. The number of hydrogen-bond acceptors (Lipinski definition) is 5. The molecule has 0 bridgehead atoms. The SMILES string of the molecule is COCCN(CCOC)c1cc(N)cc(Cl)n1. The molecule has 6 heteroatoms. The van der Waals surface area contributed by atoms with Crippen molar-refractivity contribution in [2.24, 2.45) is 0 Å². The van der Waals surface area contributed by atoms with Gasteiger partial charge in [-0.1, -0.05) is 11.6 Å². The lowest BCUT2D eigenvalue weighted by molar-refractivity contribution is 0.190. The number of nitrogens with zero attached hydrogens (tertiary/aromatic N) is 2. The van der Waals surface area contributed by atoms with Crippen LogP contribution < -0.4 is 10.6 Å². The van der Waals surface area contributed by atoms with Gasteiger partial charge in [0.2, 0.25) is 0 Å². The van der Waals surface area contributed by atoms with Crippen LogP contribution >= 0.6 is 11.6 Å². The molecule has 5 nitrogen and oxygen atoms in total. The number of nitrogen functional groups attached to an aromatic ring is 1. The Morgan fingerprint density at radius 2 is 1.82 bits per heavy atom. The molecule has 1 aromatic heterocycles. The lowest BCUT2D eigenvalue weighted by atomic mass is 10.3. The summed E-state index contributed by atoms with van der Waals surface area (Å²) >= 11 is 5.88. The standard InChI is InChI=1S/C11H18ClN3O2/c1-16-5-3-15(4-6-17-2)11-8-9(13)7-10(12)14-11/h7-8H,3-6H2,1-2H3,(H2,13,14). The smallest absolute Gasteiger partial charge is 0.133 e. The quantitative estimate of drug-likeness (QED) is 0.751. The van der Waals surface area contributed by atoms with Gasteiger partial charge in [-0.2, -0.15) is 0 Å². The number of ether oxygens (including phenoxy) is 2. The summed E-state index contributed by atoms with van der Waals surface area (Å²) < 4.78 is 10.1. The van der Waals surface area contributed by atoms with E-state index >= 15 is 0 Å². The molecule has 0 radical (unpaired) electrons. The Kier molecular flexibility index (Phi) is 6.04. The van der Waals surface area contributed by atoms with Crippen LogP contribution in [-0.4, -0.2) is 45.5 Å². The second-order valence-electron chi connectivity index (χ2n) is 3.55. The topological polar surface area (TPSA) is 60.6 Å². The molecule has 1 rings (SSSR count). The van der Waals surface area contributed by atoms with Gasteiger partial charge in [-0.3, -0.25) is 0 Å². The molecule has 0 fully saturated rings. The van der Waals surface area contributed by atoms with Crippen molar-refractivity contribution < 1.29 is 9.47 Å². The number of methoxy groups -OCH3 is 2. The van der Waals surface area contributed by atoms with Crippen molar-refractivity contribution in [1.29, 1.82) is 0 Å². The van der Waals surface area contributed by atoms with Crippen LogP contribution in [0.1, 0.15) is 0 Å². The van der Waals surface area contributed by atoms with Crippen LogP contribution in [0.2, 0.25) is 5.15 Å². The number of rotatable bonds is 7. The first-order valence-corrected chi connectivity index (χ1v) is 5.71. The molecule has 0 aliphatic rings. The Bertz CT molecular complexity index is 321. The molecule has 2 N–H and O–H groups in total. The van der Waals surface area contributed by atoms with Gasteiger partial charge in [0, 0.05) is 39.1 Å². The summed E-state index contributed by atoms with van der Waals surface area (Å²) in [6.07, 6.45) is 0. The van der Waals surface area contributed by atoms with Gasteiger partial charge >= 0.3 is 0 Å². The maximum Gasteiger partial charge on any atom is 0.133 e. The molecule has 96 valence electrons. The van der Waals surface area contributed by atoms with Crippen molar-refractivity contribution in [3.8, 4) is 0 Å². The largest absolute Gasteiger partial charge is 0.399 e. The fourth-order valence-corrected chi connectivity index (χ4v) is 1.62. The second-order valence-corrected chi connectivity index (χ2v) is 3.94. The van der Waals surface area contributed by atoms with Gasteiger partial charge in [0.1, 0.15) is 11.0 Å². The monoisotopic (exact) mass is 259 g/mol. The Labute approximate surface area is 106 Å². The molecule has 0 atom stereocenters. The molecular weight excluding hydrogens is 242 g/mol. The third-order valence-electron chi connectivity index (χ3n) is 2.26. The summed E-state index contributed by atoms with van der Waals surface area (Å²) in [6.45, 7) is 2.65. The van der Waals surface area contributed by atoms with Crippen LogP contribution in [0.3, 0.4) is 0 Å². The Hall–Kier alpha value is -1.04. The predicted molar refractivity (Wildman–Crippen MR) is 69.6 cm³/mol. The molecule has 1 heterocycles. The van der Waals surface area contributed by atoms with Gasteiger partial charge in [-0.25, -0.2) is 4.98 Å². The number of hydrogen-bond donors (Lipinski definition) is 1. The summed E-state index contributed by atoms with van der Waals surface area (Å²) in [6, 6.07) is 3.41. The van der Waals surface area contributed by atoms with E-state index in [0.717, 1.165) is 5.82 Å². The van der Waals surface area contributed by atoms with Crippen LogP contribution in [0, 0.1) is 0 Å². The van der Waals surface area contributed by atoms with Crippen molar-refractivity contribution in [3.63, 3.8) is 0 Å². The molecule has 0 aromatic carbocycles. The van der Waals surface area contributed by atoms with Gasteiger partial charge in [0.05, 0.1) is 13.2 Å². The molecule has 0 saturated carbocycles. The fourth-order valence-electron chi connectivity index (χ4n) is 1.41. The number of pyridine rings is 1. The van der Waals surface area contributed by atoms with Crippen LogP contribution in [0.4, 0.5) is 11.5 Å². The normalized spacial score (nSPS) is 10.5. The molecule has 1 aromatic rings. The van der Waals surface area contributed by atoms with E-state index in [4.69, 9.17) is 26.8 Å². The van der Waals surface area contributed by atoms with Gasteiger partial charge in [-0.05, 0) is 6.07 Å². The highest BCUT2D eigenvalue weighted by Crippen LogP contribution is 2.19. The minimum atomic E-state index is 0.389. The van der Waals surface area contributed by atoms with Crippen molar-refractivity contribution >= 4 is 23.1 Å². The number of anilines is 2. The first-order valence-electron chi connectivity index (χ1n) is 5.33. The number of nitrogens with two attached hydrogens (primary N) is 1. The minimum absolute atomic E-state index is 0.389. The summed E-state index contributed by atoms with van der Waals surface area (Å²) in [5, 5.41) is 0.389. The first kappa shape index (κ1) is 14.0. The fraction of sp³-hybridized carbons (Fsp3) is 0.545. The summed E-state index contributed by atoms with van der Waals surface area (Å²) in [7, 11) is 3.32. The van der Waals surface area contributed by atoms with E-state index in [1.807, 2.05) is 4.90 Å². The zero-order valence-electron chi connectivity index (χ0n) is 10.1. The van der Waals surface area contributed by atoms with Gasteiger partial charge in [0.25, 0.3) is 0 Å². The Morgan fingerprint density at radius 1 is 1.24 bits per heavy atom. The van der Waals surface area contributed by atoms with E-state index in [9.17, 15) is 0 Å². The summed E-state index contributed by atoms with van der Waals surface area (Å²) in [4.78, 5) is 6.26. The maximum atomic E-state index is 5.88. The van der Waals surface area contributed by atoms with Crippen molar-refractivity contribution in [1.82, 2.24) is 4.98 Å². The lowest BCUT2D eigenvalue weighted by Gasteiger charge is -2.23. The predicted octanol–water partition coefficient (Wildman–Crippen LogP) is 1.42. The summed E-state index contributed by atoms with van der Waals surface area (Å²) in [5.41, 5.74) is 6.34. The van der Waals surface area contributed by atoms with E-state index in [0.29, 0.717) is 37.1 Å². The molecule has 0 saturated heterocycles. The van der Waals surface area contributed by atoms with E-state index in [2.05, 4.69) is 4.98 Å². The van der Waals surface area contributed by atoms with Crippen LogP contribution in [0.5, 0.6) is 0 Å². The van der Waals surface area contributed by atoms with Crippen molar-refractivity contribution in [2.75, 3.05) is 51.2 Å². The van der Waals surface area contributed by atoms with Gasteiger partial charge in [-0.15, -0.1) is 0 Å². The van der Waals surface area contributed by atoms with E-state index in [1.165, 1.54) is 0 Å². The van der Waals surface area contributed by atoms with Gasteiger partial charge < -0.3 is 20.1 Å². The Morgan fingerprint density at radius 3 is 2.29 bits per heavy atom. The highest BCUT2D eigenvalue weighted by atomic mass is 35.5.